The van der Waals surface area contributed by atoms with Gasteiger partial charge in [-0.2, -0.15) is 39.4 Å². The molecule has 0 saturated carbocycles. The molecule has 2 aromatic rings. The minimum absolute atomic E-state index is 0.120. The highest BCUT2D eigenvalue weighted by atomic mass is 32.2. The van der Waals surface area contributed by atoms with Crippen LogP contribution in [-0.4, -0.2) is 31.5 Å². The molecular formula is C15H10F3N3O5S2. The second-order valence-corrected chi connectivity index (χ2v) is 9.06. The molecule has 28 heavy (non-hydrogen) atoms. The van der Waals surface area contributed by atoms with Crippen molar-refractivity contribution in [2.24, 2.45) is 0 Å². The van der Waals surface area contributed by atoms with Crippen molar-refractivity contribution in [1.29, 1.82) is 5.26 Å². The number of nitrogens with zero attached hydrogens (tertiary/aromatic N) is 3. The maximum atomic E-state index is 12.8. The predicted molar refractivity (Wildman–Crippen MR) is 88.4 cm³/mol. The zero-order chi connectivity index (χ0) is 20.9. The minimum Gasteiger partial charge on any atom is -0.380 e. The molecule has 148 valence electrons. The lowest BCUT2D eigenvalue weighted by molar-refractivity contribution is -0.0522. The van der Waals surface area contributed by atoms with Crippen LogP contribution in [0.4, 0.5) is 13.2 Å². The first-order chi connectivity index (χ1) is 12.9. The average Bonchev–Trinajstić information content (AvgIpc) is 3.11. The van der Waals surface area contributed by atoms with Gasteiger partial charge < -0.3 is 4.18 Å². The van der Waals surface area contributed by atoms with Crippen molar-refractivity contribution in [3.8, 4) is 6.07 Å². The van der Waals surface area contributed by atoms with Crippen LogP contribution in [0.1, 0.15) is 22.5 Å². The molecule has 0 atom stereocenters. The topological polar surface area (TPSA) is 119 Å². The van der Waals surface area contributed by atoms with E-state index in [2.05, 4.69) is 9.28 Å². The van der Waals surface area contributed by atoms with E-state index < -0.39 is 43.5 Å². The number of aromatic nitrogens is 2. The van der Waals surface area contributed by atoms with Crippen molar-refractivity contribution in [2.75, 3.05) is 0 Å². The fraction of sp³-hybridized carbons (Fsp3) is 0.200. The molecule has 0 radical (unpaired) electrons. The first-order valence-corrected chi connectivity index (χ1v) is 10.3. The number of hydrogen-bond donors (Lipinski definition) is 0. The summed E-state index contributed by atoms with van der Waals surface area (Å²) in [6.07, 6.45) is 0.246. The van der Waals surface area contributed by atoms with Crippen LogP contribution < -0.4 is 0 Å². The summed E-state index contributed by atoms with van der Waals surface area (Å²) in [7, 11) is -10.2. The number of hydrogen-bond acceptors (Lipinski definition) is 7. The van der Waals surface area contributed by atoms with Crippen LogP contribution in [0.5, 0.6) is 0 Å². The molecule has 1 aromatic heterocycles. The lowest BCUT2D eigenvalue weighted by Gasteiger charge is -2.11. The lowest BCUT2D eigenvalue weighted by Crippen LogP contribution is -2.25. The Balaban J connectivity index is 2.04. The summed E-state index contributed by atoms with van der Waals surface area (Å²) < 4.78 is 90.0. The van der Waals surface area contributed by atoms with Crippen LogP contribution in [0.2, 0.25) is 0 Å². The molecule has 1 aromatic carbocycles. The van der Waals surface area contributed by atoms with Gasteiger partial charge in [0.2, 0.25) is 0 Å². The molecule has 0 amide bonds. The smallest absolute Gasteiger partial charge is 0.380 e. The predicted octanol–water partition coefficient (Wildman–Crippen LogP) is 2.06. The van der Waals surface area contributed by atoms with Crippen LogP contribution >= 0.6 is 0 Å². The summed E-state index contributed by atoms with van der Waals surface area (Å²) >= 11 is 0. The Morgan fingerprint density at radius 2 is 1.79 bits per heavy atom. The van der Waals surface area contributed by atoms with Crippen molar-refractivity contribution < 1.29 is 34.2 Å². The maximum absolute atomic E-state index is 12.8. The number of allylic oxidation sites excluding steroid dienone is 1. The number of fused-ring (bicyclic) bond motifs is 1. The van der Waals surface area contributed by atoms with Crippen molar-refractivity contribution in [3.05, 3.63) is 52.5 Å². The van der Waals surface area contributed by atoms with Gasteiger partial charge in [-0.15, -0.1) is 5.10 Å². The van der Waals surface area contributed by atoms with Crippen molar-refractivity contribution in [1.82, 2.24) is 9.19 Å². The highest BCUT2D eigenvalue weighted by Gasteiger charge is 2.49. The monoisotopic (exact) mass is 433 g/mol. The molecule has 8 nitrogen and oxygen atoms in total. The highest BCUT2D eigenvalue weighted by molar-refractivity contribution is 7.90. The Morgan fingerprint density at radius 3 is 2.32 bits per heavy atom. The van der Waals surface area contributed by atoms with Crippen molar-refractivity contribution in [3.63, 3.8) is 0 Å². The number of rotatable bonds is 4. The van der Waals surface area contributed by atoms with Crippen molar-refractivity contribution in [2.45, 2.75) is 23.7 Å². The molecule has 0 saturated heterocycles. The maximum Gasteiger partial charge on any atom is 0.534 e. The summed E-state index contributed by atoms with van der Waals surface area (Å²) in [6.45, 7) is 1.74. The summed E-state index contributed by atoms with van der Waals surface area (Å²) in [4.78, 5) is -0.162. The fourth-order valence-electron chi connectivity index (χ4n) is 2.47. The van der Waals surface area contributed by atoms with E-state index in [1.54, 1.807) is 13.0 Å². The summed E-state index contributed by atoms with van der Waals surface area (Å²) in [6, 6.07) is 7.30. The van der Waals surface area contributed by atoms with Gasteiger partial charge in [-0.25, -0.2) is 0 Å². The van der Waals surface area contributed by atoms with Crippen LogP contribution in [0.3, 0.4) is 0 Å². The zero-order valence-corrected chi connectivity index (χ0v) is 15.6. The standard InChI is InChI=1S/C15H10F3N3O5S2/c1-9-2-4-11(5-3-9)27(22,23)21-14-7-10(6-12(14)13(8-19)20-21)26-28(24,25)15(16,17)18/h2-6H,7H2,1H3. The normalized spacial score (nSPS) is 14.3. The SMILES string of the molecule is Cc1ccc(S(=O)(=O)n2nc(C#N)c3c2CC(OS(=O)(=O)C(F)(F)F)=C3)cc1. The Labute approximate surface area is 157 Å². The third-order valence-electron chi connectivity index (χ3n) is 3.79. The van der Waals surface area contributed by atoms with Gasteiger partial charge in [0.05, 0.1) is 17.0 Å². The summed E-state index contributed by atoms with van der Waals surface area (Å²) in [5, 5.41) is 12.8. The molecule has 0 unspecified atom stereocenters. The van der Waals surface area contributed by atoms with Gasteiger partial charge in [0.15, 0.2) is 5.69 Å². The van der Waals surface area contributed by atoms with Gasteiger partial charge in [-0.1, -0.05) is 17.7 Å². The number of aryl methyl sites for hydroxylation is 1. The van der Waals surface area contributed by atoms with Gasteiger partial charge in [0.1, 0.15) is 11.8 Å². The van der Waals surface area contributed by atoms with E-state index in [4.69, 9.17) is 5.26 Å². The van der Waals surface area contributed by atoms with Crippen LogP contribution in [-0.2, 0) is 30.7 Å². The Morgan fingerprint density at radius 1 is 1.18 bits per heavy atom. The van der Waals surface area contributed by atoms with Crippen molar-refractivity contribution >= 4 is 26.2 Å². The third-order valence-corrected chi connectivity index (χ3v) is 6.41. The lowest BCUT2D eigenvalue weighted by atomic mass is 10.2. The van der Waals surface area contributed by atoms with Gasteiger partial charge in [-0.05, 0) is 25.1 Å². The molecule has 0 aliphatic heterocycles. The molecule has 0 N–H and O–H groups in total. The van der Waals surface area contributed by atoms with Crippen LogP contribution in [0, 0.1) is 18.3 Å². The van der Waals surface area contributed by atoms with Gasteiger partial charge in [0, 0.05) is 5.56 Å². The van der Waals surface area contributed by atoms with E-state index in [-0.39, 0.29) is 16.2 Å². The molecule has 0 fully saturated rings. The number of alkyl halides is 3. The highest BCUT2D eigenvalue weighted by Crippen LogP contribution is 2.34. The Bertz CT molecular complexity index is 1240. The molecule has 13 heteroatoms. The molecule has 1 heterocycles. The fourth-order valence-corrected chi connectivity index (χ4v) is 4.27. The third kappa shape index (κ3) is 3.25. The summed E-state index contributed by atoms with van der Waals surface area (Å²) in [5.74, 6) is -0.672. The number of nitriles is 1. The molecule has 3 rings (SSSR count). The van der Waals surface area contributed by atoms with Gasteiger partial charge in [-0.3, -0.25) is 0 Å². The van der Waals surface area contributed by atoms with Gasteiger partial charge >= 0.3 is 15.6 Å². The van der Waals surface area contributed by atoms with E-state index in [0.717, 1.165) is 11.6 Å². The largest absolute Gasteiger partial charge is 0.534 e. The van der Waals surface area contributed by atoms with Crippen LogP contribution in [0.15, 0.2) is 34.9 Å². The van der Waals surface area contributed by atoms with E-state index in [9.17, 15) is 30.0 Å². The quantitative estimate of drug-likeness (QED) is 0.535. The number of halogens is 3. The average molecular weight is 433 g/mol. The first kappa shape index (κ1) is 19.9. The van der Waals surface area contributed by atoms with E-state index >= 15 is 0 Å². The first-order valence-electron chi connectivity index (χ1n) is 7.42. The number of benzene rings is 1. The van der Waals surface area contributed by atoms with E-state index in [1.165, 1.54) is 24.3 Å². The zero-order valence-electron chi connectivity index (χ0n) is 13.9. The van der Waals surface area contributed by atoms with E-state index in [0.29, 0.717) is 4.09 Å². The second-order valence-electron chi connectivity index (χ2n) is 5.75. The van der Waals surface area contributed by atoms with Crippen LogP contribution in [0.25, 0.3) is 6.08 Å². The van der Waals surface area contributed by atoms with Gasteiger partial charge in [0.25, 0.3) is 10.0 Å². The minimum atomic E-state index is -5.93. The molecule has 0 spiro atoms. The molecular weight excluding hydrogens is 423 g/mol. The van der Waals surface area contributed by atoms with E-state index in [1.807, 2.05) is 0 Å². The Hall–Kier alpha value is -2.85. The Kier molecular flexibility index (Phi) is 4.51. The summed E-state index contributed by atoms with van der Waals surface area (Å²) in [5.41, 5.74) is -5.55. The molecule has 1 aliphatic rings. The molecule has 0 bridgehead atoms. The second kappa shape index (κ2) is 6.35. The molecule has 1 aliphatic carbocycles.